The lowest BCUT2D eigenvalue weighted by Gasteiger charge is -2.32. The first-order valence-electron chi connectivity index (χ1n) is 3.97. The molecule has 1 saturated carbocycles. The standard InChI is InChI=1S/C8H12O3S/c1-5(9)12-7-2-6(3-7)4-8(10)11/h6-7H,2-4H2,1H3,(H,10,11). The maximum absolute atomic E-state index is 10.6. The van der Waals surface area contributed by atoms with Crippen molar-refractivity contribution in [1.29, 1.82) is 0 Å². The maximum atomic E-state index is 10.6. The van der Waals surface area contributed by atoms with E-state index in [1.54, 1.807) is 6.92 Å². The van der Waals surface area contributed by atoms with Crippen LogP contribution in [0.15, 0.2) is 0 Å². The van der Waals surface area contributed by atoms with E-state index in [0.717, 1.165) is 12.8 Å². The minimum atomic E-state index is -0.730. The van der Waals surface area contributed by atoms with Gasteiger partial charge in [-0.2, -0.15) is 0 Å². The molecule has 0 radical (unpaired) electrons. The molecule has 1 aliphatic rings. The van der Waals surface area contributed by atoms with Gasteiger partial charge < -0.3 is 5.11 Å². The summed E-state index contributed by atoms with van der Waals surface area (Å²) in [7, 11) is 0. The first-order chi connectivity index (χ1) is 5.58. The Morgan fingerprint density at radius 3 is 2.50 bits per heavy atom. The van der Waals surface area contributed by atoms with Crippen LogP contribution in [-0.4, -0.2) is 21.4 Å². The molecule has 1 aliphatic carbocycles. The zero-order chi connectivity index (χ0) is 9.14. The minimum absolute atomic E-state index is 0.133. The second-order valence-electron chi connectivity index (χ2n) is 3.17. The summed E-state index contributed by atoms with van der Waals surface area (Å²) < 4.78 is 0. The monoisotopic (exact) mass is 188 g/mol. The van der Waals surface area contributed by atoms with E-state index in [4.69, 9.17) is 5.11 Å². The van der Waals surface area contributed by atoms with Gasteiger partial charge in [-0.25, -0.2) is 0 Å². The molecule has 1 rings (SSSR count). The average molecular weight is 188 g/mol. The molecule has 0 unspecified atom stereocenters. The SMILES string of the molecule is CC(=O)SC1CC(CC(=O)O)C1. The predicted octanol–water partition coefficient (Wildman–Crippen LogP) is 1.52. The quantitative estimate of drug-likeness (QED) is 0.729. The molecule has 0 spiro atoms. The van der Waals surface area contributed by atoms with Crippen LogP contribution >= 0.6 is 11.8 Å². The van der Waals surface area contributed by atoms with Gasteiger partial charge in [0.05, 0.1) is 0 Å². The number of hydrogen-bond acceptors (Lipinski definition) is 3. The lowest BCUT2D eigenvalue weighted by atomic mass is 9.82. The Balaban J connectivity index is 2.11. The molecule has 12 heavy (non-hydrogen) atoms. The van der Waals surface area contributed by atoms with Crippen LogP contribution in [0.3, 0.4) is 0 Å². The molecule has 1 fully saturated rings. The number of rotatable bonds is 3. The highest BCUT2D eigenvalue weighted by Crippen LogP contribution is 2.38. The number of thioether (sulfide) groups is 1. The first-order valence-corrected chi connectivity index (χ1v) is 4.85. The predicted molar refractivity (Wildman–Crippen MR) is 47.0 cm³/mol. The summed E-state index contributed by atoms with van der Waals surface area (Å²) in [6.07, 6.45) is 2.03. The van der Waals surface area contributed by atoms with E-state index in [9.17, 15) is 9.59 Å². The maximum Gasteiger partial charge on any atom is 0.303 e. The number of aliphatic carboxylic acids is 1. The summed E-state index contributed by atoms with van der Waals surface area (Å²) in [6, 6.07) is 0. The van der Waals surface area contributed by atoms with Crippen LogP contribution in [0.4, 0.5) is 0 Å². The molecule has 0 aromatic carbocycles. The topological polar surface area (TPSA) is 54.4 Å². The highest BCUT2D eigenvalue weighted by Gasteiger charge is 2.31. The zero-order valence-corrected chi connectivity index (χ0v) is 7.76. The second kappa shape index (κ2) is 3.94. The fourth-order valence-corrected chi connectivity index (χ4v) is 2.63. The molecule has 4 heteroatoms. The zero-order valence-electron chi connectivity index (χ0n) is 6.95. The van der Waals surface area contributed by atoms with Crippen molar-refractivity contribution in [1.82, 2.24) is 0 Å². The first kappa shape index (κ1) is 9.58. The molecule has 0 atom stereocenters. The van der Waals surface area contributed by atoms with Crippen molar-refractivity contribution >= 4 is 22.8 Å². The highest BCUT2D eigenvalue weighted by molar-refractivity contribution is 8.14. The largest absolute Gasteiger partial charge is 0.481 e. The van der Waals surface area contributed by atoms with E-state index in [-0.39, 0.29) is 11.5 Å². The summed E-state index contributed by atoms with van der Waals surface area (Å²) in [6.45, 7) is 1.55. The third-order valence-electron chi connectivity index (χ3n) is 1.99. The minimum Gasteiger partial charge on any atom is -0.481 e. The van der Waals surface area contributed by atoms with Crippen molar-refractivity contribution in [2.75, 3.05) is 0 Å². The lowest BCUT2D eigenvalue weighted by Crippen LogP contribution is -2.28. The van der Waals surface area contributed by atoms with E-state index >= 15 is 0 Å². The Kier molecular flexibility index (Phi) is 3.14. The smallest absolute Gasteiger partial charge is 0.303 e. The van der Waals surface area contributed by atoms with Gasteiger partial charge in [0, 0.05) is 18.6 Å². The number of carbonyl (C=O) groups excluding carboxylic acids is 1. The molecule has 0 amide bonds. The number of hydrogen-bond donors (Lipinski definition) is 1. The summed E-state index contributed by atoms with van der Waals surface area (Å²) in [5.74, 6) is -0.425. The van der Waals surface area contributed by atoms with Crippen LogP contribution in [0.25, 0.3) is 0 Å². The van der Waals surface area contributed by atoms with Gasteiger partial charge in [0.25, 0.3) is 0 Å². The van der Waals surface area contributed by atoms with Gasteiger partial charge in [0.15, 0.2) is 5.12 Å². The van der Waals surface area contributed by atoms with Crippen molar-refractivity contribution in [3.8, 4) is 0 Å². The van der Waals surface area contributed by atoms with Gasteiger partial charge in [-0.1, -0.05) is 11.8 Å². The van der Waals surface area contributed by atoms with Crippen molar-refractivity contribution < 1.29 is 14.7 Å². The van der Waals surface area contributed by atoms with Crippen molar-refractivity contribution in [2.24, 2.45) is 5.92 Å². The Morgan fingerprint density at radius 2 is 2.08 bits per heavy atom. The fraction of sp³-hybridized carbons (Fsp3) is 0.750. The molecule has 0 bridgehead atoms. The van der Waals surface area contributed by atoms with Crippen LogP contribution in [0.2, 0.25) is 0 Å². The van der Waals surface area contributed by atoms with Crippen molar-refractivity contribution in [2.45, 2.75) is 31.4 Å². The summed E-state index contributed by atoms with van der Waals surface area (Å²) in [5, 5.41) is 8.96. The van der Waals surface area contributed by atoms with Crippen LogP contribution in [0, 0.1) is 5.92 Å². The molecule has 0 heterocycles. The Hall–Kier alpha value is -0.510. The van der Waals surface area contributed by atoms with E-state index < -0.39 is 5.97 Å². The summed E-state index contributed by atoms with van der Waals surface area (Å²) in [5.41, 5.74) is 0. The van der Waals surface area contributed by atoms with E-state index in [2.05, 4.69) is 0 Å². The Morgan fingerprint density at radius 1 is 1.50 bits per heavy atom. The van der Waals surface area contributed by atoms with Crippen molar-refractivity contribution in [3.05, 3.63) is 0 Å². The third kappa shape index (κ3) is 2.85. The number of carbonyl (C=O) groups is 2. The third-order valence-corrected chi connectivity index (χ3v) is 3.04. The number of carboxylic acid groups (broad SMARTS) is 1. The van der Waals surface area contributed by atoms with Crippen LogP contribution in [0.5, 0.6) is 0 Å². The lowest BCUT2D eigenvalue weighted by molar-refractivity contribution is -0.138. The molecule has 3 nitrogen and oxygen atoms in total. The van der Waals surface area contributed by atoms with E-state index in [0.29, 0.717) is 11.2 Å². The summed E-state index contributed by atoms with van der Waals surface area (Å²) >= 11 is 1.34. The van der Waals surface area contributed by atoms with Crippen LogP contribution in [-0.2, 0) is 9.59 Å². The van der Waals surface area contributed by atoms with Crippen molar-refractivity contribution in [3.63, 3.8) is 0 Å². The van der Waals surface area contributed by atoms with Gasteiger partial charge in [-0.3, -0.25) is 9.59 Å². The summed E-state index contributed by atoms with van der Waals surface area (Å²) in [4.78, 5) is 20.9. The Bertz CT molecular complexity index is 176. The fourth-order valence-electron chi connectivity index (χ4n) is 1.42. The van der Waals surface area contributed by atoms with Gasteiger partial charge >= 0.3 is 5.97 Å². The molecule has 1 N–H and O–H groups in total. The van der Waals surface area contributed by atoms with Crippen LogP contribution in [0.1, 0.15) is 26.2 Å². The van der Waals surface area contributed by atoms with Gasteiger partial charge in [-0.05, 0) is 18.8 Å². The second-order valence-corrected chi connectivity index (χ2v) is 4.64. The normalized spacial score (nSPS) is 27.8. The van der Waals surface area contributed by atoms with E-state index in [1.165, 1.54) is 11.8 Å². The van der Waals surface area contributed by atoms with Gasteiger partial charge in [0.2, 0.25) is 0 Å². The molecular formula is C8H12O3S. The molecule has 0 aromatic heterocycles. The van der Waals surface area contributed by atoms with Gasteiger partial charge in [0.1, 0.15) is 0 Å². The van der Waals surface area contributed by atoms with Crippen LogP contribution < -0.4 is 0 Å². The number of carboxylic acids is 1. The van der Waals surface area contributed by atoms with E-state index in [1.807, 2.05) is 0 Å². The van der Waals surface area contributed by atoms with Gasteiger partial charge in [-0.15, -0.1) is 0 Å². The highest BCUT2D eigenvalue weighted by atomic mass is 32.2. The average Bonchev–Trinajstić information content (AvgIpc) is 1.80. The molecule has 68 valence electrons. The molecule has 0 aliphatic heterocycles. The molecular weight excluding hydrogens is 176 g/mol. The Labute approximate surface area is 75.5 Å². The molecule has 0 aromatic rings. The molecule has 0 saturated heterocycles.